The molecule has 1 atom stereocenters. The zero-order valence-electron chi connectivity index (χ0n) is 10.0. The fourth-order valence-corrected chi connectivity index (χ4v) is 1.69. The van der Waals surface area contributed by atoms with Gasteiger partial charge in [0.15, 0.2) is 0 Å². The molecule has 0 aliphatic heterocycles. The van der Waals surface area contributed by atoms with Gasteiger partial charge in [-0.15, -0.1) is 0 Å². The molecule has 0 aromatic heterocycles. The van der Waals surface area contributed by atoms with Crippen molar-refractivity contribution in [3.8, 4) is 0 Å². The fourth-order valence-electron chi connectivity index (χ4n) is 1.69. The van der Waals surface area contributed by atoms with Crippen molar-refractivity contribution in [2.24, 2.45) is 5.92 Å². The van der Waals surface area contributed by atoms with Crippen molar-refractivity contribution in [2.45, 2.75) is 46.1 Å². The Morgan fingerprint density at radius 3 is 2.00 bits per heavy atom. The Kier molecular flexibility index (Phi) is 4.83. The molecule has 1 N–H and O–H groups in total. The van der Waals surface area contributed by atoms with Crippen LogP contribution in [0.1, 0.15) is 38.3 Å². The summed E-state index contributed by atoms with van der Waals surface area (Å²) in [5.41, 5.74) is 2.73. The van der Waals surface area contributed by atoms with E-state index >= 15 is 0 Å². The summed E-state index contributed by atoms with van der Waals surface area (Å²) in [5, 5.41) is 9.19. The molecule has 15 heavy (non-hydrogen) atoms. The molecule has 0 aliphatic carbocycles. The van der Waals surface area contributed by atoms with Crippen LogP contribution in [0.15, 0.2) is 24.3 Å². The topological polar surface area (TPSA) is 20.2 Å². The third-order valence-electron chi connectivity index (χ3n) is 2.52. The van der Waals surface area contributed by atoms with E-state index in [1.54, 1.807) is 0 Å². The predicted octanol–water partition coefficient (Wildman–Crippen LogP) is 3.20. The molecule has 0 saturated carbocycles. The van der Waals surface area contributed by atoms with Crippen molar-refractivity contribution < 1.29 is 5.11 Å². The number of aliphatic hydroxyl groups excluding tert-OH is 1. The van der Waals surface area contributed by atoms with E-state index in [-0.39, 0.29) is 6.10 Å². The molecule has 0 aliphatic rings. The lowest BCUT2D eigenvalue weighted by Crippen LogP contribution is -2.01. The van der Waals surface area contributed by atoms with Crippen LogP contribution in [-0.2, 0) is 12.8 Å². The average molecular weight is 206 g/mol. The summed E-state index contributed by atoms with van der Waals surface area (Å²) in [6.07, 6.45) is 2.78. The van der Waals surface area contributed by atoms with Crippen molar-refractivity contribution >= 4 is 0 Å². The molecule has 1 rings (SSSR count). The molecular formula is C14H22O. The Morgan fingerprint density at radius 2 is 1.53 bits per heavy atom. The molecule has 1 unspecified atom stereocenters. The van der Waals surface area contributed by atoms with Gasteiger partial charge in [0.2, 0.25) is 0 Å². The van der Waals surface area contributed by atoms with Gasteiger partial charge in [0.05, 0.1) is 6.10 Å². The highest BCUT2D eigenvalue weighted by Gasteiger charge is 2.00. The molecule has 0 fully saturated rings. The Labute approximate surface area is 93.1 Å². The van der Waals surface area contributed by atoms with Gasteiger partial charge in [0.1, 0.15) is 0 Å². The van der Waals surface area contributed by atoms with E-state index < -0.39 is 0 Å². The summed E-state index contributed by atoms with van der Waals surface area (Å²) in [4.78, 5) is 0. The number of aliphatic hydroxyl groups is 1. The maximum Gasteiger partial charge on any atom is 0.0515 e. The zero-order valence-corrected chi connectivity index (χ0v) is 10.0. The van der Waals surface area contributed by atoms with Crippen LogP contribution in [0, 0.1) is 5.92 Å². The van der Waals surface area contributed by atoms with Crippen LogP contribution >= 0.6 is 0 Å². The Balaban J connectivity index is 2.49. The lowest BCUT2D eigenvalue weighted by atomic mass is 10.00. The van der Waals surface area contributed by atoms with Crippen molar-refractivity contribution in [3.63, 3.8) is 0 Å². The monoisotopic (exact) mass is 206 g/mol. The predicted molar refractivity (Wildman–Crippen MR) is 65.0 cm³/mol. The molecule has 0 radical (unpaired) electrons. The molecule has 84 valence electrons. The van der Waals surface area contributed by atoms with Crippen LogP contribution in [0.3, 0.4) is 0 Å². The highest BCUT2D eigenvalue weighted by molar-refractivity contribution is 5.22. The summed E-state index contributed by atoms with van der Waals surface area (Å²) >= 11 is 0. The lowest BCUT2D eigenvalue weighted by molar-refractivity contribution is 0.185. The highest BCUT2D eigenvalue weighted by Crippen LogP contribution is 2.11. The maximum absolute atomic E-state index is 9.19. The van der Waals surface area contributed by atoms with E-state index in [1.165, 1.54) is 11.1 Å². The first kappa shape index (κ1) is 12.3. The summed E-state index contributed by atoms with van der Waals surface area (Å²) in [6, 6.07) is 8.77. The molecule has 1 heteroatoms. The van der Waals surface area contributed by atoms with Gasteiger partial charge in [0, 0.05) is 0 Å². The number of aryl methyl sites for hydroxylation is 1. The Hall–Kier alpha value is -0.820. The minimum atomic E-state index is -0.194. The SMILES string of the molecule is CC(C)Cc1ccc(CCC(C)O)cc1. The minimum Gasteiger partial charge on any atom is -0.393 e. The molecular weight excluding hydrogens is 184 g/mol. The van der Waals surface area contributed by atoms with Gasteiger partial charge < -0.3 is 5.11 Å². The van der Waals surface area contributed by atoms with Gasteiger partial charge in [-0.25, -0.2) is 0 Å². The maximum atomic E-state index is 9.19. The third-order valence-corrected chi connectivity index (χ3v) is 2.52. The second-order valence-electron chi connectivity index (χ2n) is 4.80. The quantitative estimate of drug-likeness (QED) is 0.784. The van der Waals surface area contributed by atoms with E-state index in [0.29, 0.717) is 5.92 Å². The molecule has 0 heterocycles. The van der Waals surface area contributed by atoms with E-state index in [9.17, 15) is 5.11 Å². The largest absolute Gasteiger partial charge is 0.393 e. The number of benzene rings is 1. The normalized spacial score (nSPS) is 13.1. The van der Waals surface area contributed by atoms with Crippen LogP contribution in [0.2, 0.25) is 0 Å². The Bertz CT molecular complexity index is 272. The second kappa shape index (κ2) is 5.92. The zero-order chi connectivity index (χ0) is 11.3. The molecule has 1 aromatic rings. The van der Waals surface area contributed by atoms with Gasteiger partial charge in [-0.3, -0.25) is 0 Å². The van der Waals surface area contributed by atoms with Crippen molar-refractivity contribution in [1.82, 2.24) is 0 Å². The van der Waals surface area contributed by atoms with E-state index in [0.717, 1.165) is 19.3 Å². The van der Waals surface area contributed by atoms with Gasteiger partial charge >= 0.3 is 0 Å². The number of rotatable bonds is 5. The van der Waals surface area contributed by atoms with E-state index in [4.69, 9.17) is 0 Å². The fraction of sp³-hybridized carbons (Fsp3) is 0.571. The third kappa shape index (κ3) is 4.98. The molecule has 0 amide bonds. The first-order valence-electron chi connectivity index (χ1n) is 5.84. The molecule has 1 aromatic carbocycles. The van der Waals surface area contributed by atoms with Crippen LogP contribution in [0.4, 0.5) is 0 Å². The summed E-state index contributed by atoms with van der Waals surface area (Å²) in [7, 11) is 0. The summed E-state index contributed by atoms with van der Waals surface area (Å²) in [6.45, 7) is 6.32. The summed E-state index contributed by atoms with van der Waals surface area (Å²) in [5.74, 6) is 0.716. The highest BCUT2D eigenvalue weighted by atomic mass is 16.3. The summed E-state index contributed by atoms with van der Waals surface area (Å²) < 4.78 is 0. The standard InChI is InChI=1S/C14H22O/c1-11(2)10-14-8-6-13(7-9-14)5-4-12(3)15/h6-9,11-12,15H,4-5,10H2,1-3H3. The van der Waals surface area contributed by atoms with Crippen LogP contribution < -0.4 is 0 Å². The molecule has 0 bridgehead atoms. The molecule has 0 spiro atoms. The average Bonchev–Trinajstić information content (AvgIpc) is 2.16. The smallest absolute Gasteiger partial charge is 0.0515 e. The van der Waals surface area contributed by atoms with Gasteiger partial charge in [-0.1, -0.05) is 38.1 Å². The number of hydrogen-bond acceptors (Lipinski definition) is 1. The van der Waals surface area contributed by atoms with Gasteiger partial charge in [-0.05, 0) is 43.2 Å². The van der Waals surface area contributed by atoms with Crippen molar-refractivity contribution in [2.75, 3.05) is 0 Å². The van der Waals surface area contributed by atoms with E-state index in [1.807, 2.05) is 6.92 Å². The molecule has 0 saturated heterocycles. The van der Waals surface area contributed by atoms with Gasteiger partial charge in [-0.2, -0.15) is 0 Å². The Morgan fingerprint density at radius 1 is 1.00 bits per heavy atom. The van der Waals surface area contributed by atoms with Gasteiger partial charge in [0.25, 0.3) is 0 Å². The lowest BCUT2D eigenvalue weighted by Gasteiger charge is -2.07. The first-order chi connectivity index (χ1) is 7.08. The van der Waals surface area contributed by atoms with E-state index in [2.05, 4.69) is 38.1 Å². The molecule has 1 nitrogen and oxygen atoms in total. The van der Waals surface area contributed by atoms with Crippen molar-refractivity contribution in [3.05, 3.63) is 35.4 Å². The first-order valence-corrected chi connectivity index (χ1v) is 5.84. The van der Waals surface area contributed by atoms with Crippen LogP contribution in [-0.4, -0.2) is 11.2 Å². The van der Waals surface area contributed by atoms with Crippen LogP contribution in [0.5, 0.6) is 0 Å². The minimum absolute atomic E-state index is 0.194. The second-order valence-corrected chi connectivity index (χ2v) is 4.80. The number of hydrogen-bond donors (Lipinski definition) is 1. The van der Waals surface area contributed by atoms with Crippen LogP contribution in [0.25, 0.3) is 0 Å². The van der Waals surface area contributed by atoms with Crippen molar-refractivity contribution in [1.29, 1.82) is 0 Å².